The number of hydrogen-bond acceptors (Lipinski definition) is 6. The number of rotatable bonds is 7. The molecule has 2 amide bonds. The maximum atomic E-state index is 13.8. The Kier molecular flexibility index (Phi) is 8.16. The van der Waals surface area contributed by atoms with Crippen molar-refractivity contribution < 1.29 is 18.8 Å². The molecule has 0 spiro atoms. The first-order valence-corrected chi connectivity index (χ1v) is 14.7. The second-order valence-corrected chi connectivity index (χ2v) is 11.3. The minimum absolute atomic E-state index is 0.0861. The van der Waals surface area contributed by atoms with E-state index in [9.17, 15) is 14.4 Å². The predicted molar refractivity (Wildman–Crippen MR) is 164 cm³/mol. The first-order chi connectivity index (χ1) is 20.9. The second kappa shape index (κ2) is 12.3. The Labute approximate surface area is 252 Å². The highest BCUT2D eigenvalue weighted by molar-refractivity contribution is 6.37. The fraction of sp³-hybridized carbons (Fsp3) is 0.273. The Balaban J connectivity index is 1.23. The zero-order valence-corrected chi connectivity index (χ0v) is 24.3. The first kappa shape index (κ1) is 28.5. The van der Waals surface area contributed by atoms with E-state index in [1.54, 1.807) is 29.7 Å². The van der Waals surface area contributed by atoms with E-state index < -0.39 is 12.1 Å². The molecule has 3 aromatic carbocycles. The topological polar surface area (TPSA) is 115 Å². The molecule has 1 fully saturated rings. The molecule has 6 rings (SSSR count). The van der Waals surface area contributed by atoms with Crippen LogP contribution in [0.5, 0.6) is 0 Å². The normalized spacial score (nSPS) is 17.4. The van der Waals surface area contributed by atoms with Crippen LogP contribution in [-0.4, -0.2) is 27.8 Å². The third-order valence-electron chi connectivity index (χ3n) is 8.01. The maximum Gasteiger partial charge on any atom is 0.408 e. The Morgan fingerprint density at radius 1 is 1.02 bits per heavy atom. The van der Waals surface area contributed by atoms with Crippen LogP contribution in [0.4, 0.5) is 4.79 Å². The van der Waals surface area contributed by atoms with E-state index in [-0.39, 0.29) is 30.2 Å². The van der Waals surface area contributed by atoms with E-state index in [0.717, 1.165) is 24.8 Å². The second-order valence-electron chi connectivity index (χ2n) is 10.8. The summed E-state index contributed by atoms with van der Waals surface area (Å²) in [7, 11) is 0. The smallest absolute Gasteiger partial charge is 0.408 e. The molecular weight excluding hydrogens is 568 g/mol. The fourth-order valence-corrected chi connectivity index (χ4v) is 6.24. The van der Waals surface area contributed by atoms with Crippen LogP contribution in [-0.2, 0) is 16.1 Å². The summed E-state index contributed by atoms with van der Waals surface area (Å²) in [6, 6.07) is 22.5. The van der Waals surface area contributed by atoms with Gasteiger partial charge in [0.05, 0.1) is 10.5 Å². The molecule has 3 atom stereocenters. The molecule has 0 bridgehead atoms. The predicted octanol–water partition coefficient (Wildman–Crippen LogP) is 6.37. The van der Waals surface area contributed by atoms with Crippen molar-refractivity contribution in [3.05, 3.63) is 111 Å². The van der Waals surface area contributed by atoms with Crippen molar-refractivity contribution in [3.63, 3.8) is 0 Å². The molecule has 220 valence electrons. The van der Waals surface area contributed by atoms with Gasteiger partial charge in [0.2, 0.25) is 5.91 Å². The number of pyridine rings is 1. The summed E-state index contributed by atoms with van der Waals surface area (Å²) >= 11 is 6.60. The standard InChI is InChI=1S/C33H31ClN4O5/c1-20-27-30(37-43-20)28-25(34)16-9-17-26(28)38(32(27)40)24-15-8-14-23(18-24)35-31(39)29(22-12-6-3-7-13-22)36-33(41)42-19-21-10-4-2-5-11-21/h2-7,9-13,16-17,23-24,29H,8,14-15,18-19H2,1H3,(H,35,39)(H,36,41). The Morgan fingerprint density at radius 3 is 2.53 bits per heavy atom. The van der Waals surface area contributed by atoms with Crippen molar-refractivity contribution in [1.82, 2.24) is 20.4 Å². The van der Waals surface area contributed by atoms with E-state index in [2.05, 4.69) is 15.8 Å². The highest BCUT2D eigenvalue weighted by atomic mass is 35.5. The number of alkyl carbamates (subject to hydrolysis) is 1. The van der Waals surface area contributed by atoms with Crippen LogP contribution in [0.2, 0.25) is 5.02 Å². The van der Waals surface area contributed by atoms with Gasteiger partial charge in [0.15, 0.2) is 0 Å². The number of benzene rings is 3. The molecule has 1 aliphatic rings. The first-order valence-electron chi connectivity index (χ1n) is 14.3. The van der Waals surface area contributed by atoms with Crippen molar-refractivity contribution in [1.29, 1.82) is 0 Å². The molecule has 5 aromatic rings. The number of nitrogens with one attached hydrogen (secondary N) is 2. The monoisotopic (exact) mass is 598 g/mol. The molecule has 1 aliphatic carbocycles. The van der Waals surface area contributed by atoms with Gasteiger partial charge in [-0.1, -0.05) is 83.5 Å². The van der Waals surface area contributed by atoms with Gasteiger partial charge in [0.25, 0.3) is 5.56 Å². The molecule has 0 saturated heterocycles. The van der Waals surface area contributed by atoms with E-state index >= 15 is 0 Å². The van der Waals surface area contributed by atoms with Crippen LogP contribution in [0.3, 0.4) is 0 Å². The van der Waals surface area contributed by atoms with Gasteiger partial charge in [-0.05, 0) is 55.9 Å². The fourth-order valence-electron chi connectivity index (χ4n) is 5.98. The highest BCUT2D eigenvalue weighted by Gasteiger charge is 2.31. The Bertz CT molecular complexity index is 1840. The van der Waals surface area contributed by atoms with Gasteiger partial charge in [-0.2, -0.15) is 0 Å². The van der Waals surface area contributed by atoms with Gasteiger partial charge >= 0.3 is 6.09 Å². The lowest BCUT2D eigenvalue weighted by molar-refractivity contribution is -0.124. The van der Waals surface area contributed by atoms with Crippen molar-refractivity contribution in [2.75, 3.05) is 0 Å². The third-order valence-corrected chi connectivity index (χ3v) is 8.33. The molecule has 2 heterocycles. The minimum atomic E-state index is -0.955. The quantitative estimate of drug-likeness (QED) is 0.225. The number of carbonyl (C=O) groups excluding carboxylic acids is 2. The van der Waals surface area contributed by atoms with Gasteiger partial charge in [0.1, 0.15) is 29.3 Å². The summed E-state index contributed by atoms with van der Waals surface area (Å²) in [5.74, 6) is 0.0891. The van der Waals surface area contributed by atoms with E-state index in [1.165, 1.54) is 0 Å². The van der Waals surface area contributed by atoms with Gasteiger partial charge in [-0.25, -0.2) is 4.79 Å². The van der Waals surface area contributed by atoms with Crippen molar-refractivity contribution in [3.8, 4) is 0 Å². The van der Waals surface area contributed by atoms with Crippen LogP contribution in [0, 0.1) is 6.92 Å². The van der Waals surface area contributed by atoms with Crippen LogP contribution in [0.15, 0.2) is 88.2 Å². The van der Waals surface area contributed by atoms with Gasteiger partial charge in [-0.3, -0.25) is 9.59 Å². The average Bonchev–Trinajstić information content (AvgIpc) is 3.41. The number of aromatic nitrogens is 2. The lowest BCUT2D eigenvalue weighted by atomic mass is 9.89. The zero-order valence-electron chi connectivity index (χ0n) is 23.6. The SMILES string of the molecule is Cc1onc2c1c(=O)n(C1CCCC(NC(=O)C(NC(=O)OCc3ccccc3)c3ccccc3)C1)c1cccc(Cl)c21. The molecule has 0 radical (unpaired) electrons. The zero-order chi connectivity index (χ0) is 29.9. The lowest BCUT2D eigenvalue weighted by Gasteiger charge is -2.33. The summed E-state index contributed by atoms with van der Waals surface area (Å²) in [4.78, 5) is 40.3. The maximum absolute atomic E-state index is 13.8. The molecule has 10 heteroatoms. The highest BCUT2D eigenvalue weighted by Crippen LogP contribution is 2.35. The van der Waals surface area contributed by atoms with Gasteiger partial charge < -0.3 is 24.5 Å². The molecule has 9 nitrogen and oxygen atoms in total. The van der Waals surface area contributed by atoms with Crippen LogP contribution < -0.4 is 16.2 Å². The summed E-state index contributed by atoms with van der Waals surface area (Å²) in [5.41, 5.74) is 2.42. The number of aryl methyl sites for hydroxylation is 1. The van der Waals surface area contributed by atoms with Crippen LogP contribution in [0.25, 0.3) is 21.8 Å². The van der Waals surface area contributed by atoms with Crippen LogP contribution in [0.1, 0.15) is 54.7 Å². The van der Waals surface area contributed by atoms with Gasteiger partial charge in [-0.15, -0.1) is 0 Å². The summed E-state index contributed by atoms with van der Waals surface area (Å²) in [6.07, 6.45) is 2.14. The number of hydrogen-bond donors (Lipinski definition) is 2. The summed E-state index contributed by atoms with van der Waals surface area (Å²) in [6.45, 7) is 1.80. The van der Waals surface area contributed by atoms with Crippen LogP contribution >= 0.6 is 11.6 Å². The summed E-state index contributed by atoms with van der Waals surface area (Å²) < 4.78 is 12.6. The van der Waals surface area contributed by atoms with Gasteiger partial charge in [0, 0.05) is 17.5 Å². The molecular formula is C33H31ClN4O5. The number of fused-ring (bicyclic) bond motifs is 3. The van der Waals surface area contributed by atoms with E-state index in [0.29, 0.717) is 44.6 Å². The molecule has 2 N–H and O–H groups in total. The number of carbonyl (C=O) groups is 2. The average molecular weight is 599 g/mol. The number of amides is 2. The Morgan fingerprint density at radius 2 is 1.77 bits per heavy atom. The summed E-state index contributed by atoms with van der Waals surface area (Å²) in [5, 5.41) is 11.6. The molecule has 43 heavy (non-hydrogen) atoms. The molecule has 2 aromatic heterocycles. The number of halogens is 1. The van der Waals surface area contributed by atoms with Crippen molar-refractivity contribution in [2.24, 2.45) is 0 Å². The largest absolute Gasteiger partial charge is 0.445 e. The minimum Gasteiger partial charge on any atom is -0.445 e. The number of nitrogens with zero attached hydrogens (tertiary/aromatic N) is 2. The van der Waals surface area contributed by atoms with E-state index in [1.807, 2.05) is 60.7 Å². The van der Waals surface area contributed by atoms with E-state index in [4.69, 9.17) is 20.9 Å². The van der Waals surface area contributed by atoms with Crippen molar-refractivity contribution in [2.45, 2.75) is 57.3 Å². The molecule has 1 saturated carbocycles. The molecule has 3 unspecified atom stereocenters. The number of ether oxygens (including phenoxy) is 1. The molecule has 0 aliphatic heterocycles. The lowest BCUT2D eigenvalue weighted by Crippen LogP contribution is -2.46. The Hall–Kier alpha value is -4.63. The third kappa shape index (κ3) is 5.85. The van der Waals surface area contributed by atoms with Crippen molar-refractivity contribution >= 4 is 45.4 Å².